The molecular formula is C23H34IN3O4. The number of aliphatic imine (C=N–C) groups is 1. The molecule has 0 aromatic heterocycles. The SMILES string of the molecule is CCNC(=NCc1ccc(OC)c(OC)c1OC)NCCc1ccc(C)c(OC)c1.I. The van der Waals surface area contributed by atoms with E-state index in [1.54, 1.807) is 28.4 Å². The fourth-order valence-electron chi connectivity index (χ4n) is 3.14. The fourth-order valence-corrected chi connectivity index (χ4v) is 3.14. The Morgan fingerprint density at radius 1 is 0.871 bits per heavy atom. The lowest BCUT2D eigenvalue weighted by atomic mass is 10.1. The molecule has 2 aromatic carbocycles. The summed E-state index contributed by atoms with van der Waals surface area (Å²) in [5.41, 5.74) is 3.26. The molecule has 172 valence electrons. The van der Waals surface area contributed by atoms with Crippen molar-refractivity contribution < 1.29 is 18.9 Å². The molecule has 0 aliphatic carbocycles. The highest BCUT2D eigenvalue weighted by molar-refractivity contribution is 14.0. The van der Waals surface area contributed by atoms with Crippen LogP contribution >= 0.6 is 24.0 Å². The molecule has 0 radical (unpaired) electrons. The Labute approximate surface area is 202 Å². The van der Waals surface area contributed by atoms with Crippen LogP contribution in [0.4, 0.5) is 0 Å². The molecule has 0 bridgehead atoms. The van der Waals surface area contributed by atoms with Gasteiger partial charge in [0.2, 0.25) is 5.75 Å². The average Bonchev–Trinajstić information content (AvgIpc) is 2.77. The van der Waals surface area contributed by atoms with Gasteiger partial charge in [-0.3, -0.25) is 0 Å². The zero-order valence-corrected chi connectivity index (χ0v) is 21.5. The monoisotopic (exact) mass is 543 g/mol. The van der Waals surface area contributed by atoms with E-state index in [2.05, 4.69) is 28.8 Å². The van der Waals surface area contributed by atoms with Gasteiger partial charge in [-0.2, -0.15) is 0 Å². The van der Waals surface area contributed by atoms with Crippen LogP contribution in [0.5, 0.6) is 23.0 Å². The molecule has 0 unspecified atom stereocenters. The second-order valence-electron chi connectivity index (χ2n) is 6.67. The van der Waals surface area contributed by atoms with Crippen LogP contribution in [0.25, 0.3) is 0 Å². The molecule has 31 heavy (non-hydrogen) atoms. The van der Waals surface area contributed by atoms with Crippen molar-refractivity contribution in [2.75, 3.05) is 41.5 Å². The van der Waals surface area contributed by atoms with Crippen molar-refractivity contribution in [3.05, 3.63) is 47.0 Å². The number of ether oxygens (including phenoxy) is 4. The normalized spacial score (nSPS) is 10.7. The van der Waals surface area contributed by atoms with Crippen LogP contribution in [0.15, 0.2) is 35.3 Å². The van der Waals surface area contributed by atoms with Gasteiger partial charge >= 0.3 is 0 Å². The number of halogens is 1. The molecule has 0 atom stereocenters. The molecule has 0 heterocycles. The van der Waals surface area contributed by atoms with E-state index in [0.717, 1.165) is 42.3 Å². The van der Waals surface area contributed by atoms with Gasteiger partial charge in [0.05, 0.1) is 35.0 Å². The molecule has 7 nitrogen and oxygen atoms in total. The van der Waals surface area contributed by atoms with E-state index in [4.69, 9.17) is 23.9 Å². The number of aryl methyl sites for hydroxylation is 1. The summed E-state index contributed by atoms with van der Waals surface area (Å²) < 4.78 is 21.8. The van der Waals surface area contributed by atoms with Crippen LogP contribution in [0.2, 0.25) is 0 Å². The summed E-state index contributed by atoms with van der Waals surface area (Å²) in [5.74, 6) is 3.48. The number of nitrogens with zero attached hydrogens (tertiary/aromatic N) is 1. The van der Waals surface area contributed by atoms with Crippen molar-refractivity contribution >= 4 is 29.9 Å². The summed E-state index contributed by atoms with van der Waals surface area (Å²) >= 11 is 0. The molecule has 2 rings (SSSR count). The third-order valence-corrected chi connectivity index (χ3v) is 4.72. The molecular weight excluding hydrogens is 509 g/mol. The Balaban J connectivity index is 0.00000480. The Kier molecular flexibility index (Phi) is 11.9. The van der Waals surface area contributed by atoms with Crippen LogP contribution in [0.1, 0.15) is 23.6 Å². The molecule has 0 amide bonds. The third-order valence-electron chi connectivity index (χ3n) is 4.72. The van der Waals surface area contributed by atoms with Gasteiger partial charge in [0, 0.05) is 18.7 Å². The first-order valence-electron chi connectivity index (χ1n) is 10.0. The van der Waals surface area contributed by atoms with Crippen molar-refractivity contribution in [2.45, 2.75) is 26.8 Å². The predicted octanol–water partition coefficient (Wildman–Crippen LogP) is 3.95. The Hall–Kier alpha value is -2.36. The van der Waals surface area contributed by atoms with Gasteiger partial charge in [-0.25, -0.2) is 4.99 Å². The molecule has 2 N–H and O–H groups in total. The van der Waals surface area contributed by atoms with Gasteiger partial charge in [-0.15, -0.1) is 24.0 Å². The zero-order valence-electron chi connectivity index (χ0n) is 19.2. The predicted molar refractivity (Wildman–Crippen MR) is 136 cm³/mol. The lowest BCUT2D eigenvalue weighted by molar-refractivity contribution is 0.322. The summed E-state index contributed by atoms with van der Waals surface area (Å²) in [4.78, 5) is 4.70. The van der Waals surface area contributed by atoms with Gasteiger partial charge in [0.1, 0.15) is 5.75 Å². The van der Waals surface area contributed by atoms with Gasteiger partial charge in [0.15, 0.2) is 17.5 Å². The zero-order chi connectivity index (χ0) is 21.9. The van der Waals surface area contributed by atoms with E-state index in [-0.39, 0.29) is 24.0 Å². The molecule has 0 aliphatic rings. The molecule has 0 saturated heterocycles. The van der Waals surface area contributed by atoms with Crippen molar-refractivity contribution in [1.82, 2.24) is 10.6 Å². The van der Waals surface area contributed by atoms with Crippen LogP contribution in [0, 0.1) is 6.92 Å². The largest absolute Gasteiger partial charge is 0.496 e. The lowest BCUT2D eigenvalue weighted by Gasteiger charge is -2.16. The molecule has 2 aromatic rings. The van der Waals surface area contributed by atoms with E-state index in [0.29, 0.717) is 23.8 Å². The number of hydrogen-bond acceptors (Lipinski definition) is 5. The second-order valence-corrected chi connectivity index (χ2v) is 6.67. The molecule has 0 spiro atoms. The van der Waals surface area contributed by atoms with Crippen LogP contribution < -0.4 is 29.6 Å². The Morgan fingerprint density at radius 2 is 1.58 bits per heavy atom. The van der Waals surface area contributed by atoms with E-state index in [9.17, 15) is 0 Å². The molecule has 0 aliphatic heterocycles. The first-order valence-corrected chi connectivity index (χ1v) is 10.0. The smallest absolute Gasteiger partial charge is 0.203 e. The minimum Gasteiger partial charge on any atom is -0.496 e. The molecule has 0 saturated carbocycles. The van der Waals surface area contributed by atoms with E-state index in [1.807, 2.05) is 26.0 Å². The minimum atomic E-state index is 0. The topological polar surface area (TPSA) is 73.3 Å². The fraction of sp³-hybridized carbons (Fsp3) is 0.435. The highest BCUT2D eigenvalue weighted by atomic mass is 127. The standard InChI is InChI=1S/C23H33N3O4.HI/c1-7-24-23(25-13-12-17-9-8-16(2)20(14-17)28-4)26-15-18-10-11-19(27-3)22(30-6)21(18)29-5;/h8-11,14H,7,12-13,15H2,1-6H3,(H2,24,25,26);1H. The summed E-state index contributed by atoms with van der Waals surface area (Å²) in [6.07, 6.45) is 0.862. The highest BCUT2D eigenvalue weighted by Gasteiger charge is 2.15. The summed E-state index contributed by atoms with van der Waals surface area (Å²) in [5, 5.41) is 6.66. The van der Waals surface area contributed by atoms with Crippen LogP contribution in [-0.4, -0.2) is 47.5 Å². The van der Waals surface area contributed by atoms with E-state index in [1.165, 1.54) is 5.56 Å². The van der Waals surface area contributed by atoms with Crippen molar-refractivity contribution in [1.29, 1.82) is 0 Å². The second kappa shape index (κ2) is 13.8. The molecule has 8 heteroatoms. The van der Waals surface area contributed by atoms with Gasteiger partial charge in [-0.05, 0) is 49.6 Å². The van der Waals surface area contributed by atoms with Crippen LogP contribution in [0.3, 0.4) is 0 Å². The minimum absolute atomic E-state index is 0. The Bertz CT molecular complexity index is 859. The van der Waals surface area contributed by atoms with E-state index >= 15 is 0 Å². The van der Waals surface area contributed by atoms with Crippen molar-refractivity contribution in [3.63, 3.8) is 0 Å². The van der Waals surface area contributed by atoms with Gasteiger partial charge in [0.25, 0.3) is 0 Å². The summed E-state index contributed by atoms with van der Waals surface area (Å²) in [7, 11) is 6.51. The number of hydrogen-bond donors (Lipinski definition) is 2. The quantitative estimate of drug-likeness (QED) is 0.269. The maximum atomic E-state index is 5.55. The lowest BCUT2D eigenvalue weighted by Crippen LogP contribution is -2.38. The molecule has 0 fully saturated rings. The first-order chi connectivity index (χ1) is 14.6. The Morgan fingerprint density at radius 3 is 2.19 bits per heavy atom. The van der Waals surface area contributed by atoms with Crippen molar-refractivity contribution in [2.24, 2.45) is 4.99 Å². The van der Waals surface area contributed by atoms with Crippen LogP contribution in [-0.2, 0) is 13.0 Å². The third kappa shape index (κ3) is 7.37. The average molecular weight is 543 g/mol. The number of methoxy groups -OCH3 is 4. The van der Waals surface area contributed by atoms with Gasteiger partial charge < -0.3 is 29.6 Å². The summed E-state index contributed by atoms with van der Waals surface area (Å²) in [6.45, 7) is 6.05. The maximum Gasteiger partial charge on any atom is 0.203 e. The number of nitrogens with one attached hydrogen (secondary N) is 2. The van der Waals surface area contributed by atoms with E-state index < -0.39 is 0 Å². The van der Waals surface area contributed by atoms with Gasteiger partial charge in [-0.1, -0.05) is 12.1 Å². The highest BCUT2D eigenvalue weighted by Crippen LogP contribution is 2.39. The maximum absolute atomic E-state index is 5.55. The van der Waals surface area contributed by atoms with Crippen molar-refractivity contribution in [3.8, 4) is 23.0 Å². The first kappa shape index (κ1) is 26.7. The summed E-state index contributed by atoms with van der Waals surface area (Å²) in [6, 6.07) is 10.1. The number of benzene rings is 2. The number of guanidine groups is 1. The number of rotatable bonds is 10.